The van der Waals surface area contributed by atoms with Crippen LogP contribution in [0.4, 0.5) is 0 Å². The normalized spacial score (nSPS) is 11.9. The maximum atomic E-state index is 11.7. The first-order valence-corrected chi connectivity index (χ1v) is 8.84. The van der Waals surface area contributed by atoms with Crippen molar-refractivity contribution in [2.24, 2.45) is 11.0 Å². The van der Waals surface area contributed by atoms with Crippen molar-refractivity contribution < 1.29 is 9.66 Å². The zero-order chi connectivity index (χ0) is 16.6. The number of Topliss-reactive ketones (excluding diaryl/α,β-unsaturated/α-hetero) is 1. The second-order valence-electron chi connectivity index (χ2n) is 6.40. The highest BCUT2D eigenvalue weighted by Gasteiger charge is 2.02. The van der Waals surface area contributed by atoms with Crippen LogP contribution in [0.2, 0.25) is 0 Å². The topological polar surface area (TPSA) is 55.5 Å². The summed E-state index contributed by atoms with van der Waals surface area (Å²) in [7, 11) is 0. The first-order valence-electron chi connectivity index (χ1n) is 8.84. The van der Waals surface area contributed by atoms with Gasteiger partial charge in [-0.3, -0.25) is 4.79 Å². The molecule has 0 saturated heterocycles. The molecule has 0 fully saturated rings. The van der Waals surface area contributed by atoms with Gasteiger partial charge in [-0.05, 0) is 36.9 Å². The molecule has 0 aliphatic carbocycles. The second-order valence-corrected chi connectivity index (χ2v) is 6.40. The molecule has 0 radical (unpaired) electrons. The van der Waals surface area contributed by atoms with E-state index in [9.17, 15) is 10.0 Å². The first kappa shape index (κ1) is 20.8. The zero-order valence-corrected chi connectivity index (χ0v) is 14.6. The average Bonchev–Trinajstić information content (AvgIpc) is 2.48. The lowest BCUT2D eigenvalue weighted by molar-refractivity contribution is -0.458. The molecule has 0 bridgehead atoms. The largest absolute Gasteiger partial charge is 0.595 e. The SMILES string of the molecule is C=C[N+]([O-])=NCCCCCCCC(=O)CCCCCC(C)C. The Hall–Kier alpha value is -1.19. The Morgan fingerprint density at radius 3 is 2.18 bits per heavy atom. The van der Waals surface area contributed by atoms with Gasteiger partial charge < -0.3 is 5.21 Å². The van der Waals surface area contributed by atoms with Crippen LogP contribution < -0.4 is 0 Å². The number of hydroxylamine groups is 1. The maximum absolute atomic E-state index is 11.7. The highest BCUT2D eigenvalue weighted by molar-refractivity contribution is 5.78. The van der Waals surface area contributed by atoms with E-state index in [0.29, 0.717) is 17.2 Å². The lowest BCUT2D eigenvalue weighted by Crippen LogP contribution is -1.98. The van der Waals surface area contributed by atoms with Crippen LogP contribution in [0.3, 0.4) is 0 Å². The van der Waals surface area contributed by atoms with Crippen LogP contribution in [-0.2, 0) is 4.79 Å². The van der Waals surface area contributed by atoms with E-state index in [4.69, 9.17) is 0 Å². The molecule has 128 valence electrons. The van der Waals surface area contributed by atoms with Crippen molar-refractivity contribution in [3.05, 3.63) is 18.0 Å². The first-order chi connectivity index (χ1) is 10.6. The number of hydrogen-bond donors (Lipinski definition) is 0. The quantitative estimate of drug-likeness (QED) is 0.171. The molecule has 0 N–H and O–H groups in total. The summed E-state index contributed by atoms with van der Waals surface area (Å²) in [6.07, 6.45) is 12.6. The summed E-state index contributed by atoms with van der Waals surface area (Å²) in [5.41, 5.74) is 0. The van der Waals surface area contributed by atoms with Crippen molar-refractivity contribution in [1.82, 2.24) is 0 Å². The molecule has 0 unspecified atom stereocenters. The van der Waals surface area contributed by atoms with Crippen molar-refractivity contribution in [1.29, 1.82) is 0 Å². The van der Waals surface area contributed by atoms with E-state index in [0.717, 1.165) is 63.5 Å². The molecular formula is C18H34N2O2. The Labute approximate surface area is 136 Å². The molecule has 0 spiro atoms. The Kier molecular flexibility index (Phi) is 13.9. The summed E-state index contributed by atoms with van der Waals surface area (Å²) < 4.78 is 0. The lowest BCUT2D eigenvalue weighted by atomic mass is 10.0. The molecule has 0 aliphatic heterocycles. The summed E-state index contributed by atoms with van der Waals surface area (Å²) in [5.74, 6) is 1.20. The van der Waals surface area contributed by atoms with Gasteiger partial charge in [-0.1, -0.05) is 57.2 Å². The van der Waals surface area contributed by atoms with Crippen LogP contribution in [0.5, 0.6) is 0 Å². The Bertz CT molecular complexity index is 325. The average molecular weight is 310 g/mol. The third-order valence-electron chi connectivity index (χ3n) is 3.75. The number of ketones is 1. The van der Waals surface area contributed by atoms with E-state index in [1.54, 1.807) is 0 Å². The molecule has 0 heterocycles. The predicted molar refractivity (Wildman–Crippen MR) is 91.8 cm³/mol. The van der Waals surface area contributed by atoms with Crippen LogP contribution >= 0.6 is 0 Å². The van der Waals surface area contributed by atoms with Crippen molar-refractivity contribution in [2.45, 2.75) is 84.5 Å². The summed E-state index contributed by atoms with van der Waals surface area (Å²) >= 11 is 0. The van der Waals surface area contributed by atoms with Crippen LogP contribution in [-0.4, -0.2) is 17.2 Å². The van der Waals surface area contributed by atoms with Gasteiger partial charge in [0.15, 0.2) is 0 Å². The Morgan fingerprint density at radius 1 is 1.05 bits per heavy atom. The highest BCUT2D eigenvalue weighted by Crippen LogP contribution is 2.12. The maximum Gasteiger partial charge on any atom is 0.202 e. The fourth-order valence-electron chi connectivity index (χ4n) is 2.37. The minimum atomic E-state index is 0.424. The van der Waals surface area contributed by atoms with Crippen LogP contribution in [0, 0.1) is 11.1 Å². The molecule has 0 amide bonds. The molecule has 0 aromatic carbocycles. The van der Waals surface area contributed by atoms with Gasteiger partial charge in [0.2, 0.25) is 6.20 Å². The molecule has 0 aliphatic rings. The summed E-state index contributed by atoms with van der Waals surface area (Å²) in [6, 6.07) is 0. The zero-order valence-electron chi connectivity index (χ0n) is 14.6. The smallest absolute Gasteiger partial charge is 0.202 e. The predicted octanol–water partition coefficient (Wildman–Crippen LogP) is 5.61. The number of rotatable bonds is 15. The molecule has 0 aromatic rings. The van der Waals surface area contributed by atoms with E-state index >= 15 is 0 Å². The fraction of sp³-hybridized carbons (Fsp3) is 0.833. The molecule has 0 saturated carbocycles. The number of carbonyl (C=O) groups excluding carboxylic acids is 1. The van der Waals surface area contributed by atoms with Crippen LogP contribution in [0.15, 0.2) is 17.9 Å². The van der Waals surface area contributed by atoms with E-state index in [1.165, 1.54) is 19.3 Å². The van der Waals surface area contributed by atoms with Crippen LogP contribution in [0.1, 0.15) is 84.5 Å². The van der Waals surface area contributed by atoms with Crippen molar-refractivity contribution in [3.63, 3.8) is 0 Å². The fourth-order valence-corrected chi connectivity index (χ4v) is 2.37. The lowest BCUT2D eigenvalue weighted by Gasteiger charge is -2.04. The van der Waals surface area contributed by atoms with Crippen molar-refractivity contribution >= 4 is 5.78 Å². The third-order valence-corrected chi connectivity index (χ3v) is 3.75. The van der Waals surface area contributed by atoms with Gasteiger partial charge in [-0.25, -0.2) is 0 Å². The number of azo groups is 1. The van der Waals surface area contributed by atoms with Gasteiger partial charge in [-0.2, -0.15) is 0 Å². The van der Waals surface area contributed by atoms with E-state index < -0.39 is 0 Å². The summed E-state index contributed by atoms with van der Waals surface area (Å²) in [6.45, 7) is 8.39. The second kappa shape index (κ2) is 14.7. The molecule has 0 aromatic heterocycles. The standard InChI is InChI=1S/C18H34N2O2/c1-4-20(22)19-16-12-7-5-6-10-14-18(21)15-11-8-9-13-17(2)3/h4,17H,1,5-16H2,2-3H3. The van der Waals surface area contributed by atoms with E-state index in [2.05, 4.69) is 25.5 Å². The molecule has 22 heavy (non-hydrogen) atoms. The van der Waals surface area contributed by atoms with E-state index in [1.807, 2.05) is 0 Å². The van der Waals surface area contributed by atoms with Gasteiger partial charge in [0.1, 0.15) is 12.3 Å². The van der Waals surface area contributed by atoms with E-state index in [-0.39, 0.29) is 0 Å². The number of unbranched alkanes of at least 4 members (excludes halogenated alkanes) is 6. The molecular weight excluding hydrogens is 276 g/mol. The monoisotopic (exact) mass is 310 g/mol. The minimum Gasteiger partial charge on any atom is -0.595 e. The number of carbonyl (C=O) groups is 1. The van der Waals surface area contributed by atoms with Crippen molar-refractivity contribution in [2.75, 3.05) is 6.54 Å². The summed E-state index contributed by atoms with van der Waals surface area (Å²) in [4.78, 5) is 12.2. The van der Waals surface area contributed by atoms with Crippen LogP contribution in [0.25, 0.3) is 0 Å². The number of nitrogens with zero attached hydrogens (tertiary/aromatic N) is 2. The van der Waals surface area contributed by atoms with Gasteiger partial charge in [-0.15, -0.1) is 0 Å². The number of hydrogen-bond acceptors (Lipinski definition) is 3. The minimum absolute atomic E-state index is 0.424. The third kappa shape index (κ3) is 15.2. The van der Waals surface area contributed by atoms with Gasteiger partial charge >= 0.3 is 0 Å². The molecule has 0 rings (SSSR count). The summed E-state index contributed by atoms with van der Waals surface area (Å²) in [5, 5.41) is 14.5. The molecule has 4 heteroatoms. The van der Waals surface area contributed by atoms with Gasteiger partial charge in [0, 0.05) is 12.8 Å². The van der Waals surface area contributed by atoms with Crippen molar-refractivity contribution in [3.8, 4) is 0 Å². The Balaban J connectivity index is 3.30. The Morgan fingerprint density at radius 2 is 1.59 bits per heavy atom. The molecule has 0 atom stereocenters. The van der Waals surface area contributed by atoms with Gasteiger partial charge in [0.05, 0.1) is 0 Å². The highest BCUT2D eigenvalue weighted by atomic mass is 16.5. The van der Waals surface area contributed by atoms with Gasteiger partial charge in [0.25, 0.3) is 0 Å². The molecule has 4 nitrogen and oxygen atoms in total.